The largest absolute Gasteiger partial charge is 0.346 e. The molecule has 1 fully saturated rings. The average Bonchev–Trinajstić information content (AvgIpc) is 3.57. The van der Waals surface area contributed by atoms with E-state index in [4.69, 9.17) is 16.7 Å². The highest BCUT2D eigenvalue weighted by molar-refractivity contribution is 7.59. The topological polar surface area (TPSA) is 101 Å². The minimum Gasteiger partial charge on any atom is -0.346 e. The predicted octanol–water partition coefficient (Wildman–Crippen LogP) is 4.07. The van der Waals surface area contributed by atoms with E-state index < -0.39 is 0 Å². The van der Waals surface area contributed by atoms with Gasteiger partial charge in [-0.3, -0.25) is 14.2 Å². The zero-order valence-electron chi connectivity index (χ0n) is 18.8. The molecule has 0 spiro atoms. The molecule has 1 aliphatic heterocycles. The normalized spacial score (nSPS) is 15.6. The van der Waals surface area contributed by atoms with Crippen LogP contribution in [0.15, 0.2) is 59.9 Å². The predicted molar refractivity (Wildman–Crippen MR) is 139 cm³/mol. The number of carbonyl (C=O) groups is 1. The summed E-state index contributed by atoms with van der Waals surface area (Å²) < 4.78 is 3.17. The number of halogens is 1. The number of nitrogens with zero attached hydrogens (tertiary/aromatic N) is 6. The number of nitrogens with one attached hydrogen (secondary N) is 1. The van der Waals surface area contributed by atoms with E-state index in [1.807, 2.05) is 30.3 Å². The summed E-state index contributed by atoms with van der Waals surface area (Å²) in [6, 6.07) is 10.8. The Bertz CT molecular complexity index is 1630. The molecule has 1 aliphatic rings. The lowest BCUT2D eigenvalue weighted by atomic mass is 10.1. The number of hydrogen-bond donors (Lipinski definition) is 1. The number of rotatable bonds is 4. The highest BCUT2D eigenvalue weighted by Crippen LogP contribution is 2.38. The molecule has 178 valence electrons. The molecule has 0 unspecified atom stereocenters. The summed E-state index contributed by atoms with van der Waals surface area (Å²) in [6.07, 6.45) is 6.50. The van der Waals surface area contributed by atoms with Gasteiger partial charge in [0.25, 0.3) is 5.56 Å². The van der Waals surface area contributed by atoms with Crippen LogP contribution in [0.1, 0.15) is 42.0 Å². The van der Waals surface area contributed by atoms with E-state index in [-0.39, 0.29) is 30.9 Å². The van der Waals surface area contributed by atoms with Gasteiger partial charge in [0.2, 0.25) is 0 Å². The van der Waals surface area contributed by atoms with Crippen molar-refractivity contribution in [1.29, 1.82) is 0 Å². The maximum absolute atomic E-state index is 13.7. The fourth-order valence-corrected chi connectivity index (χ4v) is 5.04. The minimum absolute atomic E-state index is 0. The lowest BCUT2D eigenvalue weighted by Crippen LogP contribution is -2.33. The maximum Gasteiger partial charge on any atom is 0.284 e. The van der Waals surface area contributed by atoms with Crippen LogP contribution in [0.25, 0.3) is 22.2 Å². The third-order valence-electron chi connectivity index (χ3n) is 6.33. The summed E-state index contributed by atoms with van der Waals surface area (Å²) in [5.41, 5.74) is 1.93. The van der Waals surface area contributed by atoms with Gasteiger partial charge in [0, 0.05) is 24.5 Å². The van der Waals surface area contributed by atoms with Crippen LogP contribution < -0.4 is 10.5 Å². The first-order valence-corrected chi connectivity index (χ1v) is 11.4. The summed E-state index contributed by atoms with van der Waals surface area (Å²) in [4.78, 5) is 40.0. The Labute approximate surface area is 211 Å². The number of Topliss-reactive ketones (excluding diaryl/α,β-unsaturated/α-hetero) is 1. The van der Waals surface area contributed by atoms with Gasteiger partial charge in [-0.05, 0) is 38.0 Å². The van der Waals surface area contributed by atoms with Gasteiger partial charge in [-0.25, -0.2) is 14.5 Å². The Balaban J connectivity index is 0.00000253. The van der Waals surface area contributed by atoms with Crippen LogP contribution in [-0.2, 0) is 0 Å². The summed E-state index contributed by atoms with van der Waals surface area (Å²) in [7, 11) is 0. The molecule has 1 saturated heterocycles. The van der Waals surface area contributed by atoms with Gasteiger partial charge in [0.15, 0.2) is 11.6 Å². The van der Waals surface area contributed by atoms with Crippen LogP contribution >= 0.6 is 25.1 Å². The molecule has 0 saturated carbocycles. The maximum atomic E-state index is 13.7. The van der Waals surface area contributed by atoms with Crippen molar-refractivity contribution in [3.63, 3.8) is 0 Å². The van der Waals surface area contributed by atoms with Gasteiger partial charge in [0.1, 0.15) is 23.3 Å². The summed E-state index contributed by atoms with van der Waals surface area (Å²) >= 11 is 6.34. The van der Waals surface area contributed by atoms with Crippen LogP contribution in [-0.4, -0.2) is 41.5 Å². The van der Waals surface area contributed by atoms with E-state index in [0.29, 0.717) is 51.0 Å². The molecule has 1 atom stereocenters. The molecule has 0 radical (unpaired) electrons. The van der Waals surface area contributed by atoms with E-state index in [1.165, 1.54) is 13.3 Å². The van der Waals surface area contributed by atoms with Gasteiger partial charge < -0.3 is 9.88 Å². The van der Waals surface area contributed by atoms with Gasteiger partial charge in [-0.2, -0.15) is 18.6 Å². The highest BCUT2D eigenvalue weighted by atomic mass is 35.5. The van der Waals surface area contributed by atoms with Crippen molar-refractivity contribution in [2.45, 2.75) is 25.8 Å². The van der Waals surface area contributed by atoms with E-state index in [9.17, 15) is 9.59 Å². The molecule has 5 aromatic rings. The zero-order chi connectivity index (χ0) is 23.4. The number of carbonyl (C=O) groups excluding carboxylic acids is 1. The molecule has 0 bridgehead atoms. The van der Waals surface area contributed by atoms with Crippen molar-refractivity contribution < 1.29 is 4.79 Å². The first kappa shape index (κ1) is 23.1. The van der Waals surface area contributed by atoms with Crippen LogP contribution in [0.2, 0.25) is 5.02 Å². The number of benzene rings is 1. The highest BCUT2D eigenvalue weighted by Gasteiger charge is 2.34. The Morgan fingerprint density at radius 3 is 2.74 bits per heavy atom. The standard InChI is InChI=1S/C24H20ClN7O2.H2S/c1-14(33)16-12-26-21-19(16)23(28-13-27-21)30-10-5-8-18(30)22-29-31-11-9-17(25)20(31)24(34)32(22)15-6-3-2-4-7-15;/h2-4,6-7,9,11-13,18H,5,8,10H2,1H3,(H,26,27,28);1H2/t18-;/m0./s1. The molecule has 35 heavy (non-hydrogen) atoms. The Kier molecular flexibility index (Phi) is 5.86. The Morgan fingerprint density at radius 2 is 1.97 bits per heavy atom. The molecule has 0 amide bonds. The average molecular weight is 508 g/mol. The van der Waals surface area contributed by atoms with Crippen molar-refractivity contribution in [1.82, 2.24) is 29.1 Å². The second kappa shape index (κ2) is 8.86. The second-order valence-electron chi connectivity index (χ2n) is 8.32. The Hall–Kier alpha value is -3.63. The molecular formula is C24H22ClN7O2S. The number of anilines is 1. The zero-order valence-corrected chi connectivity index (χ0v) is 20.5. The fraction of sp³-hybridized carbons (Fsp3) is 0.208. The number of fused-ring (bicyclic) bond motifs is 2. The lowest BCUT2D eigenvalue weighted by molar-refractivity contribution is 0.101. The first-order chi connectivity index (χ1) is 16.5. The molecule has 9 nitrogen and oxygen atoms in total. The molecule has 1 aromatic carbocycles. The molecule has 11 heteroatoms. The molecule has 5 heterocycles. The van der Waals surface area contributed by atoms with Crippen LogP contribution in [0, 0.1) is 0 Å². The number of hydrogen-bond acceptors (Lipinski definition) is 6. The fourth-order valence-electron chi connectivity index (χ4n) is 4.82. The molecular weight excluding hydrogens is 486 g/mol. The quantitative estimate of drug-likeness (QED) is 0.368. The minimum atomic E-state index is -0.244. The van der Waals surface area contributed by atoms with Crippen molar-refractivity contribution in [2.75, 3.05) is 11.4 Å². The monoisotopic (exact) mass is 507 g/mol. The van der Waals surface area contributed by atoms with Gasteiger partial charge >= 0.3 is 0 Å². The smallest absolute Gasteiger partial charge is 0.284 e. The molecule has 1 N–H and O–H groups in total. The number of H-pyrrole nitrogens is 1. The van der Waals surface area contributed by atoms with Gasteiger partial charge in [-0.15, -0.1) is 0 Å². The summed E-state index contributed by atoms with van der Waals surface area (Å²) in [5, 5.41) is 5.89. The summed E-state index contributed by atoms with van der Waals surface area (Å²) in [5.74, 6) is 1.17. The lowest BCUT2D eigenvalue weighted by Gasteiger charge is -2.27. The van der Waals surface area contributed by atoms with Crippen molar-refractivity contribution >= 4 is 53.2 Å². The number of ketones is 1. The number of aromatic nitrogens is 6. The van der Waals surface area contributed by atoms with E-state index in [1.54, 1.807) is 27.5 Å². The molecule has 4 aromatic heterocycles. The summed E-state index contributed by atoms with van der Waals surface area (Å²) in [6.45, 7) is 2.23. The van der Waals surface area contributed by atoms with Gasteiger partial charge in [-0.1, -0.05) is 29.8 Å². The third kappa shape index (κ3) is 3.60. The van der Waals surface area contributed by atoms with Crippen LogP contribution in [0.3, 0.4) is 0 Å². The van der Waals surface area contributed by atoms with E-state index >= 15 is 0 Å². The van der Waals surface area contributed by atoms with Crippen molar-refractivity contribution in [2.24, 2.45) is 0 Å². The number of para-hydroxylation sites is 1. The SMILES string of the molecule is CC(=O)c1c[nH]c2ncnc(N3CCC[C@H]3c3nn4ccc(Cl)c4c(=O)n3-c3ccccc3)c12.S. The van der Waals surface area contributed by atoms with E-state index in [0.717, 1.165) is 12.8 Å². The van der Waals surface area contributed by atoms with Crippen LogP contribution in [0.5, 0.6) is 0 Å². The Morgan fingerprint density at radius 1 is 1.17 bits per heavy atom. The van der Waals surface area contributed by atoms with Crippen molar-refractivity contribution in [3.05, 3.63) is 81.9 Å². The van der Waals surface area contributed by atoms with Crippen molar-refractivity contribution in [3.8, 4) is 5.69 Å². The number of aromatic amines is 1. The first-order valence-electron chi connectivity index (χ1n) is 11.0. The molecule has 0 aliphatic carbocycles. The third-order valence-corrected chi connectivity index (χ3v) is 6.63. The second-order valence-corrected chi connectivity index (χ2v) is 8.73. The van der Waals surface area contributed by atoms with Crippen LogP contribution in [0.4, 0.5) is 5.82 Å². The molecule has 6 rings (SSSR count). The van der Waals surface area contributed by atoms with E-state index in [2.05, 4.69) is 19.9 Å². The van der Waals surface area contributed by atoms with Gasteiger partial charge in [0.05, 0.1) is 22.1 Å².